The van der Waals surface area contributed by atoms with Crippen LogP contribution in [0.25, 0.3) is 0 Å². The van der Waals surface area contributed by atoms with Crippen molar-refractivity contribution in [1.29, 1.82) is 0 Å². The van der Waals surface area contributed by atoms with Gasteiger partial charge in [-0.15, -0.1) is 0 Å². The Morgan fingerprint density at radius 3 is 1.85 bits per heavy atom. The molecule has 4 aromatic rings. The summed E-state index contributed by atoms with van der Waals surface area (Å²) in [5, 5.41) is 83.4. The molecule has 115 heavy (non-hydrogen) atoms. The zero-order valence-corrected chi connectivity index (χ0v) is 64.1. The molecule has 1 spiro atoms. The van der Waals surface area contributed by atoms with Crippen molar-refractivity contribution >= 4 is 112 Å². The van der Waals surface area contributed by atoms with E-state index in [2.05, 4.69) is 42.4 Å². The number of aromatic hydroxyl groups is 2. The van der Waals surface area contributed by atoms with Gasteiger partial charge >= 0.3 is 23.9 Å². The lowest BCUT2D eigenvalue weighted by molar-refractivity contribution is -0.151. The molecule has 0 aromatic heterocycles. The first-order valence-corrected chi connectivity index (χ1v) is 38.7. The van der Waals surface area contributed by atoms with Gasteiger partial charge in [-0.25, -0.2) is 4.79 Å². The number of nitrogens with two attached hydrogens (primary N) is 1. The molecule has 6 aliphatic heterocycles. The number of hydrogen-bond acceptors (Lipinski definition) is 22. The molecule has 0 saturated carbocycles. The first kappa shape index (κ1) is 85.4. The quantitative estimate of drug-likeness (QED) is 0.0103. The third-order valence-corrected chi connectivity index (χ3v) is 21.3. The summed E-state index contributed by atoms with van der Waals surface area (Å²) in [6, 6.07) is 10.4. The summed E-state index contributed by atoms with van der Waals surface area (Å²) >= 11 is 5.64. The van der Waals surface area contributed by atoms with Crippen LogP contribution in [0, 0.1) is 0 Å². The summed E-state index contributed by atoms with van der Waals surface area (Å²) in [6.45, 7) is 2.70. The van der Waals surface area contributed by atoms with Gasteiger partial charge in [0.2, 0.25) is 59.1 Å². The van der Waals surface area contributed by atoms with Crippen molar-refractivity contribution in [1.82, 2.24) is 51.5 Å². The summed E-state index contributed by atoms with van der Waals surface area (Å²) < 4.78 is 12.2. The van der Waals surface area contributed by atoms with E-state index >= 15 is 4.79 Å². The van der Waals surface area contributed by atoms with Crippen LogP contribution in [0.5, 0.6) is 23.0 Å². The van der Waals surface area contributed by atoms with Crippen LogP contribution in [0.1, 0.15) is 162 Å². The van der Waals surface area contributed by atoms with Crippen LogP contribution < -0.4 is 47.7 Å². The number of hydrogen-bond donors (Lipinski definition) is 14. The number of fused-ring (bicyclic) bond motifs is 6. The molecule has 15 N–H and O–H groups in total. The van der Waals surface area contributed by atoms with Crippen molar-refractivity contribution in [3.05, 3.63) is 113 Å². The van der Waals surface area contributed by atoms with Crippen LogP contribution in [0.3, 0.4) is 0 Å². The second kappa shape index (κ2) is 38.7. The van der Waals surface area contributed by atoms with E-state index in [0.29, 0.717) is 73.9 Å². The Morgan fingerprint density at radius 2 is 1.21 bits per heavy atom. The normalized spacial score (nSPS) is 20.0. The van der Waals surface area contributed by atoms with Gasteiger partial charge in [-0.2, -0.15) is 0 Å². The van der Waals surface area contributed by atoms with Gasteiger partial charge in [0, 0.05) is 99.0 Å². The Hall–Kier alpha value is -12.0. The van der Waals surface area contributed by atoms with Crippen LogP contribution in [0.2, 0.25) is 0 Å². The number of carbonyl (C=O) groups excluding carboxylic acids is 11. The number of rotatable bonds is 35. The fourth-order valence-electron chi connectivity index (χ4n) is 15.3. The number of phenols is 2. The second-order valence-corrected chi connectivity index (χ2v) is 29.6. The molecule has 6 heterocycles. The highest BCUT2D eigenvalue weighted by Crippen LogP contribution is 2.57. The second-order valence-electron chi connectivity index (χ2n) is 29.2. The number of nitrogens with zero attached hydrogens (tertiary/aromatic N) is 5. The number of aliphatic hydroxyl groups excluding tert-OH is 1. The molecular weight excluding hydrogens is 1520 g/mol. The molecule has 0 aliphatic carbocycles. The molecule has 0 radical (unpaired) electrons. The number of benzene rings is 4. The Morgan fingerprint density at radius 1 is 0.626 bits per heavy atom. The average Bonchev–Trinajstić information content (AvgIpc) is 1.58. The molecule has 0 bridgehead atoms. The van der Waals surface area contributed by atoms with Crippen LogP contribution in [-0.4, -0.2) is 244 Å². The summed E-state index contributed by atoms with van der Waals surface area (Å²) in [4.78, 5) is 201. The zero-order valence-electron chi connectivity index (χ0n) is 63.3. The number of phenolic OH excluding ortho intramolecular Hbond substituents is 2. The summed E-state index contributed by atoms with van der Waals surface area (Å²) in [7, 11) is 0. The highest BCUT2D eigenvalue weighted by molar-refractivity contribution is 7.80. The first-order valence-electron chi connectivity index (χ1n) is 38.3. The van der Waals surface area contributed by atoms with Gasteiger partial charge in [-0.1, -0.05) is 35.5 Å². The van der Waals surface area contributed by atoms with Crippen LogP contribution in [0.15, 0.2) is 90.1 Å². The van der Waals surface area contributed by atoms with Crippen LogP contribution in [0.4, 0.5) is 5.69 Å². The Kier molecular flexibility index (Phi) is 28.7. The standard InChI is InChI=1S/C78H95N13O23S/c1-42(73(108)90-34-9-7-16-58(90)75(110)91-41-48(114-81-33-10-15-44-13-4-3-5-14-44)40-59(91)71(106)85-54(27-30-64(98)99)68(103)84-53(67(79)102)26-29-63(96)97)82-72(107)66(43(2)92)87-70(105)57-18-12-36-89(57)74(109)55(28-31-65(100)101)86-69(104)56-17-11-35-88(56)62(95)19-6-8-32-80-77(115)83-45-20-23-49-52(37-45)78(113-76(49)111)50-24-21-46(93)38-60(50)112-61-39-47(94)22-25-51(61)78/h3-5,13-14,20-25,33,37-39,42-43,48,53-59,66,92-94H,6-12,15-19,26-32,34-36,40-41H2,1-2H3,(H2,79,102)(H,82,107)(H,84,103)(H,85,106)(H,86,104)(H,87,105)(H,96,97)(H,98,99)(H,100,101)(H2,80,83,115)/b81-33-/t42-,43+,48+,53-,54-,55-,56-,57-,58?,59-,66-/m0/s1. The fraction of sp³-hybridized carbons (Fsp3) is 0.487. The van der Waals surface area contributed by atoms with Crippen LogP contribution >= 0.6 is 12.2 Å². The third-order valence-electron chi connectivity index (χ3n) is 21.1. The van der Waals surface area contributed by atoms with Gasteiger partial charge in [0.25, 0.3) is 0 Å². The number of ether oxygens (including phenoxy) is 2. The number of oxime groups is 1. The molecule has 616 valence electrons. The molecule has 1 unspecified atom stereocenters. The Bertz CT molecular complexity index is 4360. The maximum Gasteiger partial charge on any atom is 0.340 e. The van der Waals surface area contributed by atoms with Crippen molar-refractivity contribution in [3.8, 4) is 23.0 Å². The number of carboxylic acids is 3. The summed E-state index contributed by atoms with van der Waals surface area (Å²) in [5.41, 5.74) is 7.04. The molecule has 10 rings (SSSR count). The van der Waals surface area contributed by atoms with Gasteiger partial charge in [0.1, 0.15) is 83.5 Å². The number of thiocarbonyl (C=S) groups is 1. The third kappa shape index (κ3) is 21.1. The van der Waals surface area contributed by atoms with E-state index in [-0.39, 0.29) is 104 Å². The van der Waals surface area contributed by atoms with E-state index in [1.807, 2.05) is 30.3 Å². The van der Waals surface area contributed by atoms with Gasteiger partial charge in [-0.3, -0.25) is 62.3 Å². The number of primary amides is 1. The van der Waals surface area contributed by atoms with Crippen molar-refractivity contribution in [2.45, 2.75) is 208 Å². The lowest BCUT2D eigenvalue weighted by Gasteiger charge is -2.39. The smallest absolute Gasteiger partial charge is 0.340 e. The maximum atomic E-state index is 15.0. The lowest BCUT2D eigenvalue weighted by atomic mass is 9.77. The van der Waals surface area contributed by atoms with Crippen molar-refractivity contribution in [2.75, 3.05) is 38.0 Å². The van der Waals surface area contributed by atoms with Crippen LogP contribution in [-0.2, 0) is 83.9 Å². The molecular formula is C78H95N13O23S. The topological polar surface area (TPSA) is 524 Å². The summed E-state index contributed by atoms with van der Waals surface area (Å²) in [5.74, 6) is -12.9. The fourth-order valence-corrected chi connectivity index (χ4v) is 15.5. The van der Waals surface area contributed by atoms with E-state index in [1.54, 1.807) is 30.3 Å². The highest BCUT2D eigenvalue weighted by Gasteiger charge is 2.55. The van der Waals surface area contributed by atoms with E-state index in [1.165, 1.54) is 54.1 Å². The highest BCUT2D eigenvalue weighted by atomic mass is 32.1. The van der Waals surface area contributed by atoms with Crippen molar-refractivity contribution in [3.63, 3.8) is 0 Å². The summed E-state index contributed by atoms with van der Waals surface area (Å²) in [6.07, 6.45) is -0.790. The number of anilines is 1. The number of unbranched alkanes of at least 4 members (excludes halogenated alkanes) is 1. The maximum absolute atomic E-state index is 15.0. The SMILES string of the molecule is C[C@H](NC(=O)[C@@H](NC(=O)[C@@H]1CCCN1C(=O)[C@H](CCC(=O)O)NC(=O)[C@@H]1CCCN1C(=O)CCCCNC(=S)Nc1ccc2c(c1)C1(OC2=O)c2ccc(O)cc2Oc2cc(O)ccc21)[C@@H](C)O)C(=O)N1CCCCC1C(=O)N1C[C@H](O/N=C\CCc2ccccc2)C[C@H]1C(=O)N[C@@H](CCC(=O)O)C(=O)N[C@@H](CCC(=O)O)C(N)=O. The molecule has 10 amide bonds. The largest absolute Gasteiger partial charge is 0.508 e. The lowest BCUT2D eigenvalue weighted by Crippen LogP contribution is -2.62. The monoisotopic (exact) mass is 1610 g/mol. The first-order chi connectivity index (χ1) is 54.9. The number of nitrogens with one attached hydrogen (secondary N) is 7. The number of aliphatic carboxylic acids is 3. The minimum atomic E-state index is -1.76. The van der Waals surface area contributed by atoms with Gasteiger partial charge in [0.15, 0.2) is 10.7 Å². The predicted octanol–water partition coefficient (Wildman–Crippen LogP) is 1.99. The van der Waals surface area contributed by atoms with E-state index in [9.17, 15) is 93.0 Å². The number of piperidine rings is 1. The van der Waals surface area contributed by atoms with E-state index in [0.717, 1.165) is 15.4 Å². The zero-order chi connectivity index (χ0) is 82.9. The number of likely N-dealkylation sites (tertiary alicyclic amines) is 4. The Labute approximate surface area is 665 Å². The molecule has 4 aromatic carbocycles. The molecule has 4 saturated heterocycles. The Balaban J connectivity index is 0.730. The molecule has 6 aliphatic rings. The predicted molar refractivity (Wildman–Crippen MR) is 410 cm³/mol. The van der Waals surface area contributed by atoms with E-state index in [4.69, 9.17) is 32.3 Å². The number of esters is 1. The number of carboxylic acid groups (broad SMARTS) is 3. The molecule has 4 fully saturated rings. The van der Waals surface area contributed by atoms with Crippen molar-refractivity contribution in [2.24, 2.45) is 10.9 Å². The van der Waals surface area contributed by atoms with Gasteiger partial charge in [-0.05, 0) is 164 Å². The minimum absolute atomic E-state index is 0.0184. The number of aryl methyl sites for hydroxylation is 1. The number of amides is 10. The molecule has 11 atom stereocenters. The van der Waals surface area contributed by atoms with Gasteiger partial charge in [0.05, 0.1) is 18.2 Å². The van der Waals surface area contributed by atoms with Crippen molar-refractivity contribution < 1.29 is 112 Å². The number of carbonyl (C=O) groups is 14. The molecule has 36 nitrogen and oxygen atoms in total. The minimum Gasteiger partial charge on any atom is -0.508 e. The number of aliphatic hydroxyl groups is 1. The average molecular weight is 1610 g/mol. The molecule has 37 heteroatoms. The van der Waals surface area contributed by atoms with Gasteiger partial charge < -0.3 is 108 Å². The van der Waals surface area contributed by atoms with E-state index < -0.39 is 188 Å².